The number of hydrogen-bond donors (Lipinski definition) is 0. The first-order chi connectivity index (χ1) is 9.15. The van der Waals surface area contributed by atoms with E-state index >= 15 is 0 Å². The lowest BCUT2D eigenvalue weighted by Crippen LogP contribution is -2.02. The van der Waals surface area contributed by atoms with Crippen molar-refractivity contribution in [2.24, 2.45) is 0 Å². The summed E-state index contributed by atoms with van der Waals surface area (Å²) in [5, 5.41) is 0.475. The van der Waals surface area contributed by atoms with Crippen molar-refractivity contribution in [3.63, 3.8) is 0 Å². The fourth-order valence-electron chi connectivity index (χ4n) is 1.87. The number of fused-ring (bicyclic) bond motifs is 1. The maximum Gasteiger partial charge on any atom is 0.347 e. The number of aromatic nitrogens is 1. The third-order valence-electron chi connectivity index (χ3n) is 2.73. The molecule has 0 amide bonds. The van der Waals surface area contributed by atoms with Gasteiger partial charge in [-0.05, 0) is 11.6 Å². The van der Waals surface area contributed by atoms with E-state index in [0.717, 1.165) is 15.0 Å². The maximum absolute atomic E-state index is 11.9. The number of hydrogen-bond acceptors (Lipinski definition) is 5. The van der Waals surface area contributed by atoms with E-state index < -0.39 is 0 Å². The minimum atomic E-state index is -0.370. The second kappa shape index (κ2) is 4.68. The highest BCUT2D eigenvalue weighted by Gasteiger charge is 2.09. The Labute approximate surface area is 118 Å². The molecular weight excluding hydrogens is 278 g/mol. The fraction of sp³-hybridized carbons (Fsp3) is 0.0714. The highest BCUT2D eigenvalue weighted by atomic mass is 32.1. The summed E-state index contributed by atoms with van der Waals surface area (Å²) in [6, 6.07) is 11.5. The molecule has 0 saturated carbocycles. The molecule has 0 radical (unpaired) electrons. The van der Waals surface area contributed by atoms with E-state index in [-0.39, 0.29) is 5.63 Å². The van der Waals surface area contributed by atoms with Gasteiger partial charge in [0.25, 0.3) is 0 Å². The minimum absolute atomic E-state index is 0.357. The van der Waals surface area contributed by atoms with Gasteiger partial charge in [-0.1, -0.05) is 42.5 Å². The predicted molar refractivity (Wildman–Crippen MR) is 79.2 cm³/mol. The lowest BCUT2D eigenvalue weighted by Gasteiger charge is -2.03. The smallest absolute Gasteiger partial charge is 0.347 e. The molecule has 2 heterocycles. The lowest BCUT2D eigenvalue weighted by molar-refractivity contribution is 0.467. The van der Waals surface area contributed by atoms with E-state index in [2.05, 4.69) is 4.98 Å². The van der Waals surface area contributed by atoms with Crippen LogP contribution in [-0.4, -0.2) is 4.98 Å². The van der Waals surface area contributed by atoms with Gasteiger partial charge < -0.3 is 4.42 Å². The van der Waals surface area contributed by atoms with Gasteiger partial charge in [0.15, 0.2) is 5.89 Å². The van der Waals surface area contributed by atoms with Crippen LogP contribution in [0.3, 0.4) is 0 Å². The van der Waals surface area contributed by atoms with Crippen molar-refractivity contribution in [3.05, 3.63) is 56.5 Å². The maximum atomic E-state index is 11.9. The Morgan fingerprint density at radius 1 is 1.26 bits per heavy atom. The normalized spacial score (nSPS) is 10.8. The standard InChI is InChI=1S/C14H9NO2S2/c1-8-15-12-11(13(16)17-8)7-10(14(18)19-12)9-5-3-2-4-6-9/h2-7H,1H3. The monoisotopic (exact) mass is 287 g/mol. The van der Waals surface area contributed by atoms with Crippen LogP contribution in [0.1, 0.15) is 5.89 Å². The summed E-state index contributed by atoms with van der Waals surface area (Å²) in [6.45, 7) is 1.65. The molecule has 3 rings (SSSR count). The summed E-state index contributed by atoms with van der Waals surface area (Å²) in [6.07, 6.45) is 0. The molecule has 2 aromatic heterocycles. The van der Waals surface area contributed by atoms with E-state index in [1.807, 2.05) is 30.3 Å². The van der Waals surface area contributed by atoms with Gasteiger partial charge in [-0.15, -0.1) is 11.3 Å². The molecule has 3 aromatic rings. The van der Waals surface area contributed by atoms with E-state index in [4.69, 9.17) is 16.6 Å². The Morgan fingerprint density at radius 2 is 2.00 bits per heavy atom. The highest BCUT2D eigenvalue weighted by molar-refractivity contribution is 7.74. The third-order valence-corrected chi connectivity index (χ3v) is 4.11. The van der Waals surface area contributed by atoms with Gasteiger partial charge >= 0.3 is 5.63 Å². The molecule has 0 N–H and O–H groups in total. The summed E-state index contributed by atoms with van der Waals surface area (Å²) >= 11 is 6.73. The zero-order valence-corrected chi connectivity index (χ0v) is 11.7. The average Bonchev–Trinajstić information content (AvgIpc) is 2.38. The zero-order valence-electron chi connectivity index (χ0n) is 10.0. The minimum Gasteiger partial charge on any atom is -0.408 e. The van der Waals surface area contributed by atoms with Gasteiger partial charge in [0.2, 0.25) is 0 Å². The summed E-state index contributed by atoms with van der Waals surface area (Å²) in [5.41, 5.74) is 1.49. The first-order valence-electron chi connectivity index (χ1n) is 5.66. The van der Waals surface area contributed by atoms with E-state index in [0.29, 0.717) is 16.1 Å². The molecule has 0 atom stereocenters. The van der Waals surface area contributed by atoms with Crippen LogP contribution in [0.25, 0.3) is 21.3 Å². The summed E-state index contributed by atoms with van der Waals surface area (Å²) in [5.74, 6) is 0.357. The molecule has 0 unspecified atom stereocenters. The van der Waals surface area contributed by atoms with Gasteiger partial charge in [-0.25, -0.2) is 9.78 Å². The number of aryl methyl sites for hydroxylation is 1. The van der Waals surface area contributed by atoms with E-state index in [1.165, 1.54) is 11.3 Å². The number of rotatable bonds is 1. The van der Waals surface area contributed by atoms with Crippen molar-refractivity contribution >= 4 is 33.8 Å². The molecule has 0 fully saturated rings. The van der Waals surface area contributed by atoms with Crippen LogP contribution >= 0.6 is 23.6 Å². The van der Waals surface area contributed by atoms with Crippen molar-refractivity contribution in [2.75, 3.05) is 0 Å². The molecule has 0 spiro atoms. The Morgan fingerprint density at radius 3 is 2.74 bits per heavy atom. The molecule has 0 bridgehead atoms. The van der Waals surface area contributed by atoms with Gasteiger partial charge in [0, 0.05) is 12.5 Å². The van der Waals surface area contributed by atoms with Crippen LogP contribution in [0.15, 0.2) is 45.6 Å². The molecule has 1 aromatic carbocycles. The highest BCUT2D eigenvalue weighted by Crippen LogP contribution is 2.27. The van der Waals surface area contributed by atoms with Crippen molar-refractivity contribution in [1.82, 2.24) is 4.98 Å². The van der Waals surface area contributed by atoms with Crippen molar-refractivity contribution in [2.45, 2.75) is 6.92 Å². The summed E-state index contributed by atoms with van der Waals surface area (Å²) < 4.78 is 5.75. The Balaban J connectivity index is 2.38. The van der Waals surface area contributed by atoms with Gasteiger partial charge in [0.1, 0.15) is 4.83 Å². The van der Waals surface area contributed by atoms with Crippen LogP contribution in [0.2, 0.25) is 0 Å². The molecular formula is C14H9NO2S2. The Hall–Kier alpha value is -1.85. The topological polar surface area (TPSA) is 43.1 Å². The molecule has 0 saturated heterocycles. The van der Waals surface area contributed by atoms with E-state index in [1.54, 1.807) is 13.0 Å². The molecule has 0 aliphatic heterocycles. The lowest BCUT2D eigenvalue weighted by atomic mass is 10.1. The first kappa shape index (κ1) is 12.2. The van der Waals surface area contributed by atoms with Crippen molar-refractivity contribution < 1.29 is 4.42 Å². The number of nitrogens with zero attached hydrogens (tertiary/aromatic N) is 1. The molecule has 0 aliphatic carbocycles. The molecule has 3 nitrogen and oxygen atoms in total. The van der Waals surface area contributed by atoms with E-state index in [9.17, 15) is 4.79 Å². The fourth-order valence-corrected chi connectivity index (χ4v) is 3.17. The van der Waals surface area contributed by atoms with Gasteiger partial charge in [-0.3, -0.25) is 0 Å². The number of benzene rings is 1. The Kier molecular flexibility index (Phi) is 3.00. The molecule has 19 heavy (non-hydrogen) atoms. The molecule has 94 valence electrons. The SMILES string of the molecule is Cc1nc2sc(=S)c(-c3ccccc3)cc2c(=O)o1. The van der Waals surface area contributed by atoms with Crippen LogP contribution in [-0.2, 0) is 0 Å². The second-order valence-electron chi connectivity index (χ2n) is 4.05. The predicted octanol–water partition coefficient (Wildman–Crippen LogP) is 3.95. The van der Waals surface area contributed by atoms with Crippen molar-refractivity contribution in [1.29, 1.82) is 0 Å². The quantitative estimate of drug-likeness (QED) is 0.635. The van der Waals surface area contributed by atoms with Crippen molar-refractivity contribution in [3.8, 4) is 11.1 Å². The third kappa shape index (κ3) is 2.22. The second-order valence-corrected chi connectivity index (χ2v) is 5.72. The average molecular weight is 287 g/mol. The first-order valence-corrected chi connectivity index (χ1v) is 6.88. The largest absolute Gasteiger partial charge is 0.408 e. The summed E-state index contributed by atoms with van der Waals surface area (Å²) in [7, 11) is 0. The summed E-state index contributed by atoms with van der Waals surface area (Å²) in [4.78, 5) is 16.7. The molecule has 0 aliphatic rings. The van der Waals surface area contributed by atoms with Crippen LogP contribution in [0.5, 0.6) is 0 Å². The van der Waals surface area contributed by atoms with Crippen LogP contribution in [0, 0.1) is 10.7 Å². The van der Waals surface area contributed by atoms with Crippen LogP contribution in [0.4, 0.5) is 0 Å². The Bertz CT molecular complexity index is 866. The molecule has 5 heteroatoms. The van der Waals surface area contributed by atoms with Gasteiger partial charge in [-0.2, -0.15) is 0 Å². The zero-order chi connectivity index (χ0) is 13.4. The van der Waals surface area contributed by atoms with Crippen LogP contribution < -0.4 is 5.63 Å². The van der Waals surface area contributed by atoms with Gasteiger partial charge in [0.05, 0.1) is 9.21 Å².